The van der Waals surface area contributed by atoms with Crippen LogP contribution in [-0.4, -0.2) is 25.8 Å². The largest absolute Gasteiger partial charge is 0.460 e. The highest BCUT2D eigenvalue weighted by molar-refractivity contribution is 5.86. The van der Waals surface area contributed by atoms with Crippen LogP contribution >= 0.6 is 0 Å². The number of esters is 1. The van der Waals surface area contributed by atoms with E-state index < -0.39 is 0 Å². The molecule has 0 amide bonds. The minimum atomic E-state index is -0.344. The van der Waals surface area contributed by atoms with E-state index in [1.54, 1.807) is 14.0 Å². The molecule has 0 heterocycles. The summed E-state index contributed by atoms with van der Waals surface area (Å²) in [7, 11) is 1.63. The Bertz CT molecular complexity index is 187. The first-order valence-corrected chi connectivity index (χ1v) is 4.97. The van der Waals surface area contributed by atoms with Crippen LogP contribution in [0.3, 0.4) is 0 Å². The molecular formula is C11H20O3. The lowest BCUT2D eigenvalue weighted by Gasteiger charge is -2.14. The van der Waals surface area contributed by atoms with Gasteiger partial charge in [-0.2, -0.15) is 0 Å². The molecule has 0 aliphatic rings. The van der Waals surface area contributed by atoms with Gasteiger partial charge in [0.2, 0.25) is 0 Å². The number of ether oxygens (including phenoxy) is 2. The van der Waals surface area contributed by atoms with Crippen molar-refractivity contribution < 1.29 is 14.3 Å². The van der Waals surface area contributed by atoms with E-state index in [1.807, 2.05) is 0 Å². The Hall–Kier alpha value is -0.830. The number of hydrogen-bond acceptors (Lipinski definition) is 3. The van der Waals surface area contributed by atoms with Crippen molar-refractivity contribution in [3.8, 4) is 0 Å². The second-order valence-electron chi connectivity index (χ2n) is 3.38. The van der Waals surface area contributed by atoms with Crippen molar-refractivity contribution in [1.29, 1.82) is 0 Å². The van der Waals surface area contributed by atoms with E-state index in [0.717, 1.165) is 19.3 Å². The van der Waals surface area contributed by atoms with Crippen LogP contribution in [-0.2, 0) is 14.3 Å². The number of rotatable bonds is 7. The molecule has 0 radical (unpaired) electrons. The second-order valence-corrected chi connectivity index (χ2v) is 3.38. The highest BCUT2D eigenvalue weighted by atomic mass is 16.6. The van der Waals surface area contributed by atoms with Gasteiger partial charge >= 0.3 is 5.97 Å². The van der Waals surface area contributed by atoms with Crippen LogP contribution in [0.2, 0.25) is 0 Å². The molecule has 82 valence electrons. The normalized spacial score (nSPS) is 12.2. The van der Waals surface area contributed by atoms with Gasteiger partial charge in [0, 0.05) is 12.7 Å². The lowest BCUT2D eigenvalue weighted by atomic mass is 10.2. The van der Waals surface area contributed by atoms with Gasteiger partial charge in [0.1, 0.15) is 6.61 Å². The molecule has 3 nitrogen and oxygen atoms in total. The maximum absolute atomic E-state index is 11.1. The fourth-order valence-corrected chi connectivity index (χ4v) is 0.993. The fraction of sp³-hybridized carbons (Fsp3) is 0.727. The van der Waals surface area contributed by atoms with E-state index in [4.69, 9.17) is 9.47 Å². The minimum absolute atomic E-state index is 0.0123. The number of methoxy groups -OCH3 is 1. The van der Waals surface area contributed by atoms with Crippen LogP contribution in [0.25, 0.3) is 0 Å². The molecule has 3 heteroatoms. The van der Waals surface area contributed by atoms with Crippen molar-refractivity contribution in [3.05, 3.63) is 12.2 Å². The quantitative estimate of drug-likeness (QED) is 0.467. The summed E-state index contributed by atoms with van der Waals surface area (Å²) in [6.45, 7) is 7.58. The highest BCUT2D eigenvalue weighted by Gasteiger charge is 2.10. The molecule has 0 aliphatic heterocycles. The summed E-state index contributed by atoms with van der Waals surface area (Å²) in [6, 6.07) is 0. The summed E-state index contributed by atoms with van der Waals surface area (Å²) in [6.07, 6.45) is 3.15. The molecule has 0 bridgehead atoms. The number of carbonyl (C=O) groups excluding carboxylic acids is 1. The second kappa shape index (κ2) is 7.56. The van der Waals surface area contributed by atoms with E-state index >= 15 is 0 Å². The van der Waals surface area contributed by atoms with Crippen molar-refractivity contribution >= 4 is 5.97 Å². The Morgan fingerprint density at radius 2 is 2.14 bits per heavy atom. The van der Waals surface area contributed by atoms with Gasteiger partial charge in [0.25, 0.3) is 0 Å². The minimum Gasteiger partial charge on any atom is -0.460 e. The molecule has 0 aromatic heterocycles. The van der Waals surface area contributed by atoms with E-state index in [1.165, 1.54) is 0 Å². The summed E-state index contributed by atoms with van der Waals surface area (Å²) < 4.78 is 10.2. The number of unbranched alkanes of at least 4 members (excludes halogenated alkanes) is 1. The molecule has 0 saturated carbocycles. The third kappa shape index (κ3) is 5.75. The topological polar surface area (TPSA) is 35.5 Å². The van der Waals surface area contributed by atoms with Gasteiger partial charge in [0.05, 0.1) is 6.10 Å². The smallest absolute Gasteiger partial charge is 0.333 e. The monoisotopic (exact) mass is 200 g/mol. The molecule has 0 aromatic carbocycles. The van der Waals surface area contributed by atoms with Gasteiger partial charge in [-0.15, -0.1) is 0 Å². The molecule has 0 spiro atoms. The van der Waals surface area contributed by atoms with Crippen molar-refractivity contribution in [2.24, 2.45) is 0 Å². The Labute approximate surface area is 86.1 Å². The van der Waals surface area contributed by atoms with Crippen molar-refractivity contribution in [2.75, 3.05) is 13.7 Å². The molecule has 1 atom stereocenters. The third-order valence-electron chi connectivity index (χ3n) is 1.96. The summed E-state index contributed by atoms with van der Waals surface area (Å²) >= 11 is 0. The van der Waals surface area contributed by atoms with Crippen LogP contribution in [0.1, 0.15) is 33.1 Å². The zero-order chi connectivity index (χ0) is 11.0. The van der Waals surface area contributed by atoms with E-state index in [2.05, 4.69) is 13.5 Å². The van der Waals surface area contributed by atoms with Gasteiger partial charge in [-0.3, -0.25) is 0 Å². The first kappa shape index (κ1) is 13.2. The first-order chi connectivity index (χ1) is 6.61. The number of hydrogen-bond donors (Lipinski definition) is 0. The molecule has 14 heavy (non-hydrogen) atoms. The third-order valence-corrected chi connectivity index (χ3v) is 1.96. The molecule has 0 aliphatic carbocycles. The fourth-order valence-electron chi connectivity index (χ4n) is 0.993. The van der Waals surface area contributed by atoms with E-state index in [0.29, 0.717) is 12.2 Å². The summed E-state index contributed by atoms with van der Waals surface area (Å²) in [4.78, 5) is 11.1. The van der Waals surface area contributed by atoms with Gasteiger partial charge < -0.3 is 9.47 Å². The van der Waals surface area contributed by atoms with Gasteiger partial charge in [-0.1, -0.05) is 26.3 Å². The maximum Gasteiger partial charge on any atom is 0.333 e. The highest BCUT2D eigenvalue weighted by Crippen LogP contribution is 2.05. The average Bonchev–Trinajstić information content (AvgIpc) is 2.17. The van der Waals surface area contributed by atoms with Crippen LogP contribution in [0.4, 0.5) is 0 Å². The van der Waals surface area contributed by atoms with Gasteiger partial charge in [-0.25, -0.2) is 4.79 Å². The Morgan fingerprint density at radius 1 is 1.50 bits per heavy atom. The SMILES string of the molecule is C=C(C)C(=O)OCC(CCCC)OC. The Balaban J connectivity index is 3.71. The maximum atomic E-state index is 11.1. The van der Waals surface area contributed by atoms with E-state index in [9.17, 15) is 4.79 Å². The van der Waals surface area contributed by atoms with Crippen molar-refractivity contribution in [3.63, 3.8) is 0 Å². The summed E-state index contributed by atoms with van der Waals surface area (Å²) in [5, 5.41) is 0. The molecule has 0 aromatic rings. The first-order valence-electron chi connectivity index (χ1n) is 4.97. The predicted molar refractivity (Wildman–Crippen MR) is 56.1 cm³/mol. The van der Waals surface area contributed by atoms with Crippen molar-refractivity contribution in [2.45, 2.75) is 39.2 Å². The van der Waals surface area contributed by atoms with Gasteiger partial charge in [-0.05, 0) is 13.3 Å². The Kier molecular flexibility index (Phi) is 7.11. The molecule has 1 unspecified atom stereocenters. The number of carbonyl (C=O) groups is 1. The zero-order valence-electron chi connectivity index (χ0n) is 9.34. The average molecular weight is 200 g/mol. The predicted octanol–water partition coefficient (Wildman–Crippen LogP) is 2.31. The molecular weight excluding hydrogens is 180 g/mol. The summed E-state index contributed by atoms with van der Waals surface area (Å²) in [5.41, 5.74) is 0.426. The van der Waals surface area contributed by atoms with Gasteiger partial charge in [0.15, 0.2) is 0 Å². The van der Waals surface area contributed by atoms with Crippen LogP contribution in [0.15, 0.2) is 12.2 Å². The van der Waals surface area contributed by atoms with Crippen LogP contribution in [0.5, 0.6) is 0 Å². The lowest BCUT2D eigenvalue weighted by molar-refractivity contribution is -0.142. The van der Waals surface area contributed by atoms with Crippen LogP contribution in [0, 0.1) is 0 Å². The zero-order valence-corrected chi connectivity index (χ0v) is 9.34. The Morgan fingerprint density at radius 3 is 2.57 bits per heavy atom. The van der Waals surface area contributed by atoms with E-state index in [-0.39, 0.29) is 12.1 Å². The van der Waals surface area contributed by atoms with Crippen LogP contribution < -0.4 is 0 Å². The molecule has 0 fully saturated rings. The van der Waals surface area contributed by atoms with Crippen molar-refractivity contribution in [1.82, 2.24) is 0 Å². The molecule has 0 rings (SSSR count). The molecule has 0 N–H and O–H groups in total. The molecule has 0 saturated heterocycles. The standard InChI is InChI=1S/C11H20O3/c1-5-6-7-10(13-4)8-14-11(12)9(2)3/h10H,2,5-8H2,1,3-4H3. The lowest BCUT2D eigenvalue weighted by Crippen LogP contribution is -2.21. The summed E-state index contributed by atoms with van der Waals surface area (Å²) in [5.74, 6) is -0.344.